The summed E-state index contributed by atoms with van der Waals surface area (Å²) >= 11 is 7.35. The van der Waals surface area contributed by atoms with Gasteiger partial charge in [0.15, 0.2) is 0 Å². The Morgan fingerprint density at radius 3 is 2.25 bits per heavy atom. The molecule has 2 amide bonds. The van der Waals surface area contributed by atoms with Gasteiger partial charge in [-0.15, -0.1) is 11.8 Å². The van der Waals surface area contributed by atoms with Crippen LogP contribution in [-0.2, 0) is 16.1 Å². The molecule has 0 aliphatic heterocycles. The van der Waals surface area contributed by atoms with E-state index >= 15 is 0 Å². The Balaban J connectivity index is 2.12. The minimum absolute atomic E-state index is 0.0830. The first-order valence-electron chi connectivity index (χ1n) is 9.19. The largest absolute Gasteiger partial charge is 0.350 e. The van der Waals surface area contributed by atoms with E-state index < -0.39 is 6.04 Å². The van der Waals surface area contributed by atoms with Crippen LogP contribution in [0.2, 0.25) is 5.02 Å². The van der Waals surface area contributed by atoms with Gasteiger partial charge in [0.05, 0.1) is 5.75 Å². The zero-order valence-corrected chi connectivity index (χ0v) is 18.3. The van der Waals surface area contributed by atoms with E-state index in [4.69, 9.17) is 11.6 Å². The fourth-order valence-corrected chi connectivity index (χ4v) is 3.51. The van der Waals surface area contributed by atoms with E-state index in [9.17, 15) is 9.59 Å². The van der Waals surface area contributed by atoms with Crippen LogP contribution in [0.5, 0.6) is 0 Å². The smallest absolute Gasteiger partial charge is 0.242 e. The van der Waals surface area contributed by atoms with Crippen LogP contribution < -0.4 is 5.32 Å². The maximum absolute atomic E-state index is 13.0. The molecular weight excluding hydrogens is 392 g/mol. The lowest BCUT2D eigenvalue weighted by molar-refractivity contribution is -0.139. The minimum atomic E-state index is -0.572. The monoisotopic (exact) mass is 418 g/mol. The third-order valence-electron chi connectivity index (χ3n) is 4.04. The first-order chi connectivity index (χ1) is 13.2. The normalized spacial score (nSPS) is 12.3. The van der Waals surface area contributed by atoms with Crippen molar-refractivity contribution in [3.63, 3.8) is 0 Å². The van der Waals surface area contributed by atoms with E-state index in [0.29, 0.717) is 11.6 Å². The van der Waals surface area contributed by atoms with Crippen LogP contribution in [0.1, 0.15) is 33.3 Å². The Labute approximate surface area is 176 Å². The van der Waals surface area contributed by atoms with Gasteiger partial charge in [0.1, 0.15) is 6.04 Å². The van der Waals surface area contributed by atoms with Gasteiger partial charge in [-0.25, -0.2) is 0 Å². The predicted octanol–water partition coefficient (Wildman–Crippen LogP) is 4.76. The zero-order valence-electron chi connectivity index (χ0n) is 16.7. The highest BCUT2D eigenvalue weighted by Gasteiger charge is 2.28. The summed E-state index contributed by atoms with van der Waals surface area (Å²) in [5.41, 5.74) is 0.632. The average Bonchev–Trinajstić information content (AvgIpc) is 2.64. The van der Waals surface area contributed by atoms with Crippen LogP contribution in [-0.4, -0.2) is 34.0 Å². The standard InChI is InChI=1S/C22H27ClN2O2S/c1-16(21(27)24-22(2,3)4)25(14-17-8-6-5-7-9-17)20(26)15-28-19-12-10-18(23)11-13-19/h5-13,16H,14-15H2,1-4H3,(H,24,27)/t16-/m0/s1. The first-order valence-corrected chi connectivity index (χ1v) is 10.6. The highest BCUT2D eigenvalue weighted by molar-refractivity contribution is 8.00. The molecule has 0 unspecified atom stereocenters. The number of carbonyl (C=O) groups excluding carboxylic acids is 2. The number of carbonyl (C=O) groups is 2. The van der Waals surface area contributed by atoms with Gasteiger partial charge in [-0.05, 0) is 57.5 Å². The van der Waals surface area contributed by atoms with E-state index in [2.05, 4.69) is 5.32 Å². The molecule has 0 aliphatic carbocycles. The molecule has 1 N–H and O–H groups in total. The van der Waals surface area contributed by atoms with Crippen molar-refractivity contribution in [1.29, 1.82) is 0 Å². The Morgan fingerprint density at radius 2 is 1.68 bits per heavy atom. The first kappa shape index (κ1) is 22.3. The lowest BCUT2D eigenvalue weighted by Gasteiger charge is -2.31. The summed E-state index contributed by atoms with van der Waals surface area (Å²) in [6.45, 7) is 7.94. The second kappa shape index (κ2) is 9.99. The van der Waals surface area contributed by atoms with Gasteiger partial charge in [-0.1, -0.05) is 41.9 Å². The van der Waals surface area contributed by atoms with E-state index in [-0.39, 0.29) is 23.1 Å². The molecule has 4 nitrogen and oxygen atoms in total. The zero-order chi connectivity index (χ0) is 20.7. The van der Waals surface area contributed by atoms with Crippen LogP contribution in [0.15, 0.2) is 59.5 Å². The van der Waals surface area contributed by atoms with Crippen LogP contribution in [0.25, 0.3) is 0 Å². The molecule has 0 saturated heterocycles. The van der Waals surface area contributed by atoms with E-state index in [1.807, 2.05) is 63.2 Å². The summed E-state index contributed by atoms with van der Waals surface area (Å²) in [4.78, 5) is 28.3. The van der Waals surface area contributed by atoms with Gasteiger partial charge in [0.25, 0.3) is 0 Å². The van der Waals surface area contributed by atoms with Crippen molar-refractivity contribution < 1.29 is 9.59 Å². The van der Waals surface area contributed by atoms with Crippen LogP contribution >= 0.6 is 23.4 Å². The van der Waals surface area contributed by atoms with Crippen molar-refractivity contribution in [1.82, 2.24) is 10.2 Å². The Bertz CT molecular complexity index is 788. The quantitative estimate of drug-likeness (QED) is 0.659. The molecule has 2 aromatic rings. The topological polar surface area (TPSA) is 49.4 Å². The van der Waals surface area contributed by atoms with Crippen molar-refractivity contribution in [2.75, 3.05) is 5.75 Å². The van der Waals surface area contributed by atoms with E-state index in [0.717, 1.165) is 10.5 Å². The summed E-state index contributed by atoms with van der Waals surface area (Å²) in [6.07, 6.45) is 0. The van der Waals surface area contributed by atoms with Crippen LogP contribution in [0.3, 0.4) is 0 Å². The average molecular weight is 419 g/mol. The number of amides is 2. The van der Waals surface area contributed by atoms with Gasteiger partial charge in [0, 0.05) is 22.0 Å². The SMILES string of the molecule is C[C@@H](C(=O)NC(C)(C)C)N(Cc1ccccc1)C(=O)CSc1ccc(Cl)cc1. The number of nitrogens with one attached hydrogen (secondary N) is 1. The Kier molecular flexibility index (Phi) is 7.96. The number of nitrogens with zero attached hydrogens (tertiary/aromatic N) is 1. The third-order valence-corrected chi connectivity index (χ3v) is 5.29. The molecule has 0 bridgehead atoms. The van der Waals surface area contributed by atoms with E-state index in [1.54, 1.807) is 24.0 Å². The van der Waals surface area contributed by atoms with Gasteiger partial charge in [-0.2, -0.15) is 0 Å². The van der Waals surface area contributed by atoms with Gasteiger partial charge >= 0.3 is 0 Å². The Hall–Kier alpha value is -1.98. The second-order valence-corrected chi connectivity index (χ2v) is 9.15. The summed E-state index contributed by atoms with van der Waals surface area (Å²) in [5.74, 6) is 0.00959. The number of rotatable bonds is 7. The molecule has 6 heteroatoms. The fourth-order valence-electron chi connectivity index (χ4n) is 2.60. The Morgan fingerprint density at radius 1 is 1.07 bits per heavy atom. The molecule has 0 radical (unpaired) electrons. The number of hydrogen-bond donors (Lipinski definition) is 1. The molecule has 0 aromatic heterocycles. The van der Waals surface area contributed by atoms with Crippen molar-refractivity contribution in [3.8, 4) is 0 Å². The maximum atomic E-state index is 13.0. The van der Waals surface area contributed by atoms with Gasteiger partial charge in [-0.3, -0.25) is 9.59 Å². The third kappa shape index (κ3) is 7.21. The second-order valence-electron chi connectivity index (χ2n) is 7.67. The maximum Gasteiger partial charge on any atom is 0.242 e. The summed E-state index contributed by atoms with van der Waals surface area (Å²) in [5, 5.41) is 3.63. The number of hydrogen-bond acceptors (Lipinski definition) is 3. The minimum Gasteiger partial charge on any atom is -0.350 e. The highest BCUT2D eigenvalue weighted by atomic mass is 35.5. The molecule has 2 rings (SSSR count). The summed E-state index contributed by atoms with van der Waals surface area (Å²) in [6, 6.07) is 16.5. The van der Waals surface area contributed by atoms with Crippen molar-refractivity contribution in [2.45, 2.75) is 50.7 Å². The molecule has 28 heavy (non-hydrogen) atoms. The fraction of sp³-hybridized carbons (Fsp3) is 0.364. The summed E-state index contributed by atoms with van der Waals surface area (Å²) < 4.78 is 0. The van der Waals surface area contributed by atoms with Gasteiger partial charge in [0.2, 0.25) is 11.8 Å². The predicted molar refractivity (Wildman–Crippen MR) is 117 cm³/mol. The molecule has 0 saturated carbocycles. The molecule has 150 valence electrons. The van der Waals surface area contributed by atoms with Crippen molar-refractivity contribution in [3.05, 3.63) is 65.2 Å². The molecule has 0 heterocycles. The molecule has 2 aromatic carbocycles. The van der Waals surface area contributed by atoms with Crippen molar-refractivity contribution in [2.24, 2.45) is 0 Å². The van der Waals surface area contributed by atoms with E-state index in [1.165, 1.54) is 11.8 Å². The lowest BCUT2D eigenvalue weighted by Crippen LogP contribution is -2.52. The number of benzene rings is 2. The molecule has 1 atom stereocenters. The number of thioether (sulfide) groups is 1. The molecular formula is C22H27ClN2O2S. The molecule has 0 aliphatic rings. The van der Waals surface area contributed by atoms with Crippen LogP contribution in [0.4, 0.5) is 0 Å². The molecule has 0 spiro atoms. The van der Waals surface area contributed by atoms with Crippen molar-refractivity contribution >= 4 is 35.2 Å². The lowest BCUT2D eigenvalue weighted by atomic mass is 10.1. The molecule has 0 fully saturated rings. The van der Waals surface area contributed by atoms with Crippen LogP contribution in [0, 0.1) is 0 Å². The highest BCUT2D eigenvalue weighted by Crippen LogP contribution is 2.22. The number of halogens is 1. The van der Waals surface area contributed by atoms with Gasteiger partial charge < -0.3 is 10.2 Å². The summed E-state index contributed by atoms with van der Waals surface area (Å²) in [7, 11) is 0.